The fraction of sp³-hybridized carbons (Fsp3) is 0. The molecule has 5 heteroatoms. The lowest BCUT2D eigenvalue weighted by Crippen LogP contribution is -2.09. The number of amides is 1. The van der Waals surface area contributed by atoms with E-state index in [2.05, 4.69) is 5.32 Å². The summed E-state index contributed by atoms with van der Waals surface area (Å²) in [6.07, 6.45) is 2.88. The Morgan fingerprint density at radius 2 is 2.06 bits per heavy atom. The van der Waals surface area contributed by atoms with Crippen LogP contribution in [-0.4, -0.2) is 5.91 Å². The van der Waals surface area contributed by atoms with Gasteiger partial charge >= 0.3 is 0 Å². The van der Waals surface area contributed by atoms with Crippen molar-refractivity contribution in [2.75, 3.05) is 5.32 Å². The maximum atomic E-state index is 13.3. The van der Waals surface area contributed by atoms with Crippen LogP contribution in [0.15, 0.2) is 41.8 Å². The van der Waals surface area contributed by atoms with Crippen molar-refractivity contribution >= 4 is 29.0 Å². The van der Waals surface area contributed by atoms with Crippen LogP contribution in [0, 0.1) is 11.6 Å². The van der Waals surface area contributed by atoms with Crippen LogP contribution in [0.5, 0.6) is 0 Å². The molecule has 1 N–H and O–H groups in total. The van der Waals surface area contributed by atoms with E-state index in [1.54, 1.807) is 6.08 Å². The molecular formula is C13H9F2NOS. The summed E-state index contributed by atoms with van der Waals surface area (Å²) in [7, 11) is 0. The molecule has 0 aliphatic rings. The maximum Gasteiger partial charge on any atom is 0.248 e. The lowest BCUT2D eigenvalue weighted by Gasteiger charge is -2.03. The molecule has 1 heterocycles. The van der Waals surface area contributed by atoms with Gasteiger partial charge in [0, 0.05) is 11.0 Å². The van der Waals surface area contributed by atoms with Gasteiger partial charge in [0.15, 0.2) is 11.6 Å². The summed E-state index contributed by atoms with van der Waals surface area (Å²) in [4.78, 5) is 12.4. The van der Waals surface area contributed by atoms with Gasteiger partial charge in [0.05, 0.1) is 5.69 Å². The number of thiophene rings is 1. The van der Waals surface area contributed by atoms with E-state index in [1.165, 1.54) is 29.5 Å². The van der Waals surface area contributed by atoms with Crippen LogP contribution in [0.2, 0.25) is 0 Å². The number of hydrogen-bond acceptors (Lipinski definition) is 2. The molecule has 2 rings (SSSR count). The maximum absolute atomic E-state index is 13.3. The molecule has 0 aliphatic carbocycles. The Hall–Kier alpha value is -2.01. The average molecular weight is 265 g/mol. The average Bonchev–Trinajstić information content (AvgIpc) is 2.86. The molecule has 92 valence electrons. The summed E-state index contributed by atoms with van der Waals surface area (Å²) < 4.78 is 26.2. The zero-order chi connectivity index (χ0) is 13.0. The lowest BCUT2D eigenvalue weighted by atomic mass is 10.3. The van der Waals surface area contributed by atoms with Crippen molar-refractivity contribution in [1.82, 2.24) is 0 Å². The third-order valence-electron chi connectivity index (χ3n) is 2.15. The first-order chi connectivity index (χ1) is 8.66. The van der Waals surface area contributed by atoms with Crippen LogP contribution >= 0.6 is 11.3 Å². The molecule has 0 fully saturated rings. The number of rotatable bonds is 3. The number of carbonyl (C=O) groups excluding carboxylic acids is 1. The molecule has 0 aliphatic heterocycles. The van der Waals surface area contributed by atoms with Gasteiger partial charge in [-0.3, -0.25) is 4.79 Å². The van der Waals surface area contributed by atoms with Crippen LogP contribution in [-0.2, 0) is 4.79 Å². The molecule has 0 saturated carbocycles. The van der Waals surface area contributed by atoms with E-state index in [1.807, 2.05) is 17.5 Å². The van der Waals surface area contributed by atoms with E-state index in [-0.39, 0.29) is 5.69 Å². The fourth-order valence-electron chi connectivity index (χ4n) is 1.32. The smallest absolute Gasteiger partial charge is 0.248 e. The molecule has 1 aromatic carbocycles. The Balaban J connectivity index is 2.05. The van der Waals surface area contributed by atoms with E-state index >= 15 is 0 Å². The number of nitrogens with one attached hydrogen (secondary N) is 1. The van der Waals surface area contributed by atoms with Crippen LogP contribution in [0.3, 0.4) is 0 Å². The van der Waals surface area contributed by atoms with Crippen LogP contribution in [0.25, 0.3) is 6.08 Å². The number of benzene rings is 1. The molecule has 18 heavy (non-hydrogen) atoms. The van der Waals surface area contributed by atoms with Crippen molar-refractivity contribution in [3.63, 3.8) is 0 Å². The largest absolute Gasteiger partial charge is 0.320 e. The number of anilines is 1. The predicted molar refractivity (Wildman–Crippen MR) is 68.3 cm³/mol. The summed E-state index contributed by atoms with van der Waals surface area (Å²) in [6.45, 7) is 0. The highest BCUT2D eigenvalue weighted by atomic mass is 32.1. The van der Waals surface area contributed by atoms with Gasteiger partial charge in [-0.1, -0.05) is 12.1 Å². The monoisotopic (exact) mass is 265 g/mol. The molecule has 2 aromatic rings. The molecule has 0 unspecified atom stereocenters. The molecular weight excluding hydrogens is 256 g/mol. The van der Waals surface area contributed by atoms with Gasteiger partial charge in [-0.2, -0.15) is 0 Å². The Bertz CT molecular complexity index is 579. The number of halogens is 2. The van der Waals surface area contributed by atoms with Gasteiger partial charge < -0.3 is 5.32 Å². The van der Waals surface area contributed by atoms with Gasteiger partial charge in [-0.15, -0.1) is 11.3 Å². The second kappa shape index (κ2) is 5.55. The van der Waals surface area contributed by atoms with Gasteiger partial charge in [0.2, 0.25) is 5.91 Å². The summed E-state index contributed by atoms with van der Waals surface area (Å²) in [5, 5.41) is 4.16. The summed E-state index contributed by atoms with van der Waals surface area (Å²) >= 11 is 1.48. The van der Waals surface area contributed by atoms with E-state index in [0.717, 1.165) is 10.9 Å². The Kier molecular flexibility index (Phi) is 3.84. The molecule has 0 spiro atoms. The highest BCUT2D eigenvalue weighted by Crippen LogP contribution is 2.16. The molecule has 1 aromatic heterocycles. The Morgan fingerprint density at radius 1 is 1.22 bits per heavy atom. The topological polar surface area (TPSA) is 29.1 Å². The number of hydrogen-bond donors (Lipinski definition) is 1. The molecule has 0 atom stereocenters. The van der Waals surface area contributed by atoms with Gasteiger partial charge in [-0.25, -0.2) is 8.78 Å². The van der Waals surface area contributed by atoms with E-state index in [4.69, 9.17) is 0 Å². The SMILES string of the molecule is O=C(C=Cc1cccs1)Nc1cccc(F)c1F. The van der Waals surface area contributed by atoms with Crippen molar-refractivity contribution in [1.29, 1.82) is 0 Å². The van der Waals surface area contributed by atoms with Gasteiger partial charge in [0.25, 0.3) is 0 Å². The van der Waals surface area contributed by atoms with Crippen molar-refractivity contribution < 1.29 is 13.6 Å². The van der Waals surface area contributed by atoms with Crippen molar-refractivity contribution in [2.45, 2.75) is 0 Å². The van der Waals surface area contributed by atoms with Crippen molar-refractivity contribution in [2.24, 2.45) is 0 Å². The summed E-state index contributed by atoms with van der Waals surface area (Å²) in [5.41, 5.74) is -0.171. The zero-order valence-corrected chi connectivity index (χ0v) is 10.0. The highest BCUT2D eigenvalue weighted by molar-refractivity contribution is 7.10. The minimum atomic E-state index is -1.06. The first-order valence-electron chi connectivity index (χ1n) is 5.13. The van der Waals surface area contributed by atoms with Crippen molar-refractivity contribution in [3.8, 4) is 0 Å². The predicted octanol–water partition coefficient (Wildman–Crippen LogP) is 3.68. The van der Waals surface area contributed by atoms with Gasteiger partial charge in [-0.05, 0) is 29.7 Å². The van der Waals surface area contributed by atoms with E-state index in [9.17, 15) is 13.6 Å². The quantitative estimate of drug-likeness (QED) is 0.843. The zero-order valence-electron chi connectivity index (χ0n) is 9.19. The third kappa shape index (κ3) is 3.01. The molecule has 0 radical (unpaired) electrons. The standard InChI is InChI=1S/C13H9F2NOS/c14-10-4-1-5-11(13(10)15)16-12(17)7-6-9-3-2-8-18-9/h1-8H,(H,16,17). The normalized spacial score (nSPS) is 10.8. The van der Waals surface area contributed by atoms with E-state index in [0.29, 0.717) is 0 Å². The molecule has 0 bridgehead atoms. The second-order valence-corrected chi connectivity index (χ2v) is 4.42. The van der Waals surface area contributed by atoms with Crippen LogP contribution < -0.4 is 5.32 Å². The molecule has 0 saturated heterocycles. The van der Waals surface area contributed by atoms with Crippen molar-refractivity contribution in [3.05, 3.63) is 58.3 Å². The Labute approximate surface area is 107 Å². The highest BCUT2D eigenvalue weighted by Gasteiger charge is 2.08. The third-order valence-corrected chi connectivity index (χ3v) is 2.99. The Morgan fingerprint density at radius 3 is 2.78 bits per heavy atom. The first-order valence-corrected chi connectivity index (χ1v) is 6.01. The minimum absolute atomic E-state index is 0.171. The summed E-state index contributed by atoms with van der Waals surface area (Å²) in [6, 6.07) is 7.32. The van der Waals surface area contributed by atoms with E-state index < -0.39 is 17.5 Å². The molecule has 2 nitrogen and oxygen atoms in total. The minimum Gasteiger partial charge on any atom is -0.320 e. The van der Waals surface area contributed by atoms with Crippen LogP contribution in [0.4, 0.5) is 14.5 Å². The second-order valence-electron chi connectivity index (χ2n) is 3.44. The first kappa shape index (κ1) is 12.4. The van der Waals surface area contributed by atoms with Crippen LogP contribution in [0.1, 0.15) is 4.88 Å². The number of carbonyl (C=O) groups is 1. The fourth-order valence-corrected chi connectivity index (χ4v) is 1.94. The molecule has 1 amide bonds. The lowest BCUT2D eigenvalue weighted by molar-refractivity contribution is -0.111. The summed E-state index contributed by atoms with van der Waals surface area (Å²) in [5.74, 6) is -2.56. The van der Waals surface area contributed by atoms with Gasteiger partial charge in [0.1, 0.15) is 0 Å².